The van der Waals surface area contributed by atoms with E-state index in [1.807, 2.05) is 17.5 Å². The molecular weight excluding hydrogens is 386 g/mol. The maximum atomic E-state index is 12.2. The highest BCUT2D eigenvalue weighted by Gasteiger charge is 2.15. The zero-order valence-corrected chi connectivity index (χ0v) is 17.8. The number of anilines is 1. The fourth-order valence-electron chi connectivity index (χ4n) is 2.70. The summed E-state index contributed by atoms with van der Waals surface area (Å²) in [4.78, 5) is 28.8. The number of aromatic nitrogens is 2. The molecule has 3 rings (SSSR count). The molecule has 0 aliphatic rings. The quantitative estimate of drug-likeness (QED) is 0.580. The van der Waals surface area contributed by atoms with Gasteiger partial charge < -0.3 is 16.1 Å². The van der Waals surface area contributed by atoms with E-state index in [0.717, 1.165) is 11.3 Å². The average molecular weight is 412 g/mol. The lowest BCUT2D eigenvalue weighted by molar-refractivity contribution is -0.115. The first-order chi connectivity index (χ1) is 13.8. The second kappa shape index (κ2) is 8.48. The number of benzene rings is 1. The Balaban J connectivity index is 1.58. The van der Waals surface area contributed by atoms with Gasteiger partial charge in [-0.15, -0.1) is 11.3 Å². The number of rotatable bonds is 6. The van der Waals surface area contributed by atoms with Crippen molar-refractivity contribution in [3.8, 4) is 11.3 Å². The Morgan fingerprint density at radius 3 is 2.69 bits per heavy atom. The van der Waals surface area contributed by atoms with E-state index in [1.165, 1.54) is 16.9 Å². The summed E-state index contributed by atoms with van der Waals surface area (Å²) in [5, 5.41) is 7.75. The van der Waals surface area contributed by atoms with Gasteiger partial charge in [-0.1, -0.05) is 39.0 Å². The molecule has 152 valence electrons. The van der Waals surface area contributed by atoms with Crippen LogP contribution in [0, 0.1) is 0 Å². The van der Waals surface area contributed by atoms with Gasteiger partial charge in [-0.05, 0) is 23.1 Å². The number of hydrogen-bond acceptors (Lipinski definition) is 5. The molecule has 0 unspecified atom stereocenters. The summed E-state index contributed by atoms with van der Waals surface area (Å²) in [7, 11) is 1.75. The zero-order chi connectivity index (χ0) is 21.0. The van der Waals surface area contributed by atoms with Gasteiger partial charge in [-0.3, -0.25) is 14.3 Å². The second-order valence-electron chi connectivity index (χ2n) is 7.63. The van der Waals surface area contributed by atoms with Gasteiger partial charge in [0.05, 0.1) is 17.8 Å². The average Bonchev–Trinajstić information content (AvgIpc) is 3.35. The summed E-state index contributed by atoms with van der Waals surface area (Å²) in [6, 6.07) is 9.92. The van der Waals surface area contributed by atoms with Gasteiger partial charge in [0, 0.05) is 30.4 Å². The number of hydrogen-bond donors (Lipinski definition) is 3. The molecular formula is C21H25N5O2S. The predicted octanol–water partition coefficient (Wildman–Crippen LogP) is 3.45. The Morgan fingerprint density at radius 1 is 1.21 bits per heavy atom. The van der Waals surface area contributed by atoms with Crippen LogP contribution >= 0.6 is 11.3 Å². The Labute approximate surface area is 174 Å². The van der Waals surface area contributed by atoms with Crippen molar-refractivity contribution in [1.82, 2.24) is 15.0 Å². The first kappa shape index (κ1) is 20.6. The minimum absolute atomic E-state index is 0.0510. The van der Waals surface area contributed by atoms with Crippen molar-refractivity contribution in [2.45, 2.75) is 26.2 Å². The SMILES string of the molecule is CNn1ccc(C(=O)NCC(=O)Nc2nc(-c3cccc(C(C)(C)C)c3)cs2)c1. The maximum absolute atomic E-state index is 12.2. The standard InChI is InChI=1S/C21H25N5O2S/c1-21(2,3)16-7-5-6-14(10-16)17-13-29-20(24-17)25-18(27)11-23-19(28)15-8-9-26(12-15)22-4/h5-10,12-13,22H,11H2,1-4H3,(H,23,28)(H,24,25,27). The summed E-state index contributed by atoms with van der Waals surface area (Å²) < 4.78 is 1.65. The topological polar surface area (TPSA) is 88.0 Å². The molecule has 0 radical (unpaired) electrons. The fraction of sp³-hybridized carbons (Fsp3) is 0.286. The van der Waals surface area contributed by atoms with E-state index in [4.69, 9.17) is 0 Å². The molecule has 0 aliphatic heterocycles. The van der Waals surface area contributed by atoms with Crippen molar-refractivity contribution < 1.29 is 9.59 Å². The van der Waals surface area contributed by atoms with E-state index in [0.29, 0.717) is 10.7 Å². The lowest BCUT2D eigenvalue weighted by atomic mass is 9.86. The summed E-state index contributed by atoms with van der Waals surface area (Å²) in [6.45, 7) is 6.38. The number of nitrogens with zero attached hydrogens (tertiary/aromatic N) is 2. The molecule has 0 saturated carbocycles. The number of amides is 2. The maximum Gasteiger partial charge on any atom is 0.253 e. The first-order valence-electron chi connectivity index (χ1n) is 9.26. The molecule has 3 aromatic rings. The molecule has 7 nitrogen and oxygen atoms in total. The van der Waals surface area contributed by atoms with Crippen LogP contribution in [-0.2, 0) is 10.2 Å². The minimum atomic E-state index is -0.323. The van der Waals surface area contributed by atoms with E-state index in [2.05, 4.69) is 53.9 Å². The van der Waals surface area contributed by atoms with Crippen molar-refractivity contribution >= 4 is 28.3 Å². The summed E-state index contributed by atoms with van der Waals surface area (Å²) >= 11 is 1.36. The van der Waals surface area contributed by atoms with E-state index in [9.17, 15) is 9.59 Å². The molecule has 0 fully saturated rings. The molecule has 0 aliphatic carbocycles. The fourth-order valence-corrected chi connectivity index (χ4v) is 3.44. The molecule has 2 amide bonds. The highest BCUT2D eigenvalue weighted by Crippen LogP contribution is 2.29. The number of thiazole rings is 1. The molecule has 0 spiro atoms. The smallest absolute Gasteiger partial charge is 0.253 e. The van der Waals surface area contributed by atoms with Crippen LogP contribution in [0.15, 0.2) is 48.1 Å². The molecule has 0 bridgehead atoms. The van der Waals surface area contributed by atoms with E-state index < -0.39 is 0 Å². The Morgan fingerprint density at radius 2 is 2.00 bits per heavy atom. The van der Waals surface area contributed by atoms with Gasteiger partial charge in [0.25, 0.3) is 5.91 Å². The monoisotopic (exact) mass is 411 g/mol. The first-order valence-corrected chi connectivity index (χ1v) is 10.1. The van der Waals surface area contributed by atoms with Crippen LogP contribution in [0.1, 0.15) is 36.7 Å². The highest BCUT2D eigenvalue weighted by molar-refractivity contribution is 7.14. The van der Waals surface area contributed by atoms with E-state index in [-0.39, 0.29) is 23.8 Å². The highest BCUT2D eigenvalue weighted by atomic mass is 32.1. The molecule has 2 heterocycles. The van der Waals surface area contributed by atoms with Crippen LogP contribution in [0.2, 0.25) is 0 Å². The summed E-state index contributed by atoms with van der Waals surface area (Å²) in [5.74, 6) is -0.635. The number of nitrogens with one attached hydrogen (secondary N) is 3. The summed E-state index contributed by atoms with van der Waals surface area (Å²) in [6.07, 6.45) is 3.37. The van der Waals surface area contributed by atoms with Crippen LogP contribution in [-0.4, -0.2) is 35.1 Å². The van der Waals surface area contributed by atoms with Gasteiger partial charge >= 0.3 is 0 Å². The van der Waals surface area contributed by atoms with E-state index in [1.54, 1.807) is 30.2 Å². The Hall–Kier alpha value is -3.13. The Kier molecular flexibility index (Phi) is 6.03. The second-order valence-corrected chi connectivity index (χ2v) is 8.49. The Bertz CT molecular complexity index is 1020. The number of carbonyl (C=O) groups is 2. The minimum Gasteiger partial charge on any atom is -0.343 e. The van der Waals surface area contributed by atoms with Crippen LogP contribution in [0.4, 0.5) is 5.13 Å². The van der Waals surface area contributed by atoms with Crippen molar-refractivity contribution in [3.05, 3.63) is 59.2 Å². The van der Waals surface area contributed by atoms with E-state index >= 15 is 0 Å². The molecule has 8 heteroatoms. The van der Waals surface area contributed by atoms with Crippen LogP contribution in [0.25, 0.3) is 11.3 Å². The zero-order valence-electron chi connectivity index (χ0n) is 16.9. The van der Waals surface area contributed by atoms with Gasteiger partial charge in [-0.2, -0.15) is 0 Å². The lowest BCUT2D eigenvalue weighted by Crippen LogP contribution is -2.32. The molecule has 2 aromatic heterocycles. The normalized spacial score (nSPS) is 11.2. The third-order valence-electron chi connectivity index (χ3n) is 4.40. The van der Waals surface area contributed by atoms with Crippen LogP contribution < -0.4 is 16.1 Å². The van der Waals surface area contributed by atoms with Crippen molar-refractivity contribution in [2.24, 2.45) is 0 Å². The van der Waals surface area contributed by atoms with Crippen LogP contribution in [0.3, 0.4) is 0 Å². The molecule has 3 N–H and O–H groups in total. The van der Waals surface area contributed by atoms with Gasteiger partial charge in [0.2, 0.25) is 5.91 Å². The molecule has 29 heavy (non-hydrogen) atoms. The van der Waals surface area contributed by atoms with Crippen LogP contribution in [0.5, 0.6) is 0 Å². The van der Waals surface area contributed by atoms with Crippen molar-refractivity contribution in [1.29, 1.82) is 0 Å². The van der Waals surface area contributed by atoms with Crippen molar-refractivity contribution in [2.75, 3.05) is 24.3 Å². The molecule has 0 saturated heterocycles. The van der Waals surface area contributed by atoms with Gasteiger partial charge in [-0.25, -0.2) is 4.98 Å². The number of carbonyl (C=O) groups excluding carboxylic acids is 2. The summed E-state index contributed by atoms with van der Waals surface area (Å²) in [5.41, 5.74) is 6.45. The largest absolute Gasteiger partial charge is 0.343 e. The van der Waals surface area contributed by atoms with Gasteiger partial charge in [0.1, 0.15) is 0 Å². The predicted molar refractivity (Wildman–Crippen MR) is 117 cm³/mol. The van der Waals surface area contributed by atoms with Crippen molar-refractivity contribution in [3.63, 3.8) is 0 Å². The lowest BCUT2D eigenvalue weighted by Gasteiger charge is -2.19. The molecule has 1 aromatic carbocycles. The van der Waals surface area contributed by atoms with Gasteiger partial charge in [0.15, 0.2) is 5.13 Å². The molecule has 0 atom stereocenters. The third-order valence-corrected chi connectivity index (χ3v) is 5.16. The third kappa shape index (κ3) is 5.23.